The molecular weight excluding hydrogens is 374 g/mol. The van der Waals surface area contributed by atoms with Crippen LogP contribution in [-0.2, 0) is 16.0 Å². The van der Waals surface area contributed by atoms with E-state index in [1.54, 1.807) is 6.07 Å². The molecule has 2 aliphatic heterocycles. The van der Waals surface area contributed by atoms with Gasteiger partial charge in [0.15, 0.2) is 0 Å². The minimum absolute atomic E-state index is 0.00901. The largest absolute Gasteiger partial charge is 0.472 e. The standard InChI is InChI=1S/C21H27N3O5/c1-14-18(15(2)29-23-14)11-19(25)22-12-17-3-5-21(28-17)6-8-24(9-7-21)20(26)16-4-10-27-13-16/h4,10,13,17H,3,5-9,11-12H2,1-2H3,(H,22,25). The number of aromatic nitrogens is 1. The zero-order valence-corrected chi connectivity index (χ0v) is 16.9. The molecule has 1 atom stereocenters. The summed E-state index contributed by atoms with van der Waals surface area (Å²) in [4.78, 5) is 26.6. The second-order valence-electron chi connectivity index (χ2n) is 8.05. The molecule has 1 spiro atoms. The molecule has 2 aromatic heterocycles. The van der Waals surface area contributed by atoms with E-state index in [1.807, 2.05) is 18.7 Å². The summed E-state index contributed by atoms with van der Waals surface area (Å²) in [6.07, 6.45) is 6.81. The fraction of sp³-hybridized carbons (Fsp3) is 0.571. The van der Waals surface area contributed by atoms with Crippen molar-refractivity contribution in [1.82, 2.24) is 15.4 Å². The number of piperidine rings is 1. The fourth-order valence-electron chi connectivity index (χ4n) is 4.30. The number of hydrogen-bond donors (Lipinski definition) is 1. The SMILES string of the molecule is Cc1noc(C)c1CC(=O)NCC1CCC2(CCN(C(=O)c3ccoc3)CC2)O1. The summed E-state index contributed by atoms with van der Waals surface area (Å²) in [6.45, 7) is 5.51. The van der Waals surface area contributed by atoms with Gasteiger partial charge in [-0.3, -0.25) is 9.59 Å². The van der Waals surface area contributed by atoms with Crippen LogP contribution in [0.25, 0.3) is 0 Å². The summed E-state index contributed by atoms with van der Waals surface area (Å²) < 4.78 is 16.5. The van der Waals surface area contributed by atoms with Crippen molar-refractivity contribution in [2.75, 3.05) is 19.6 Å². The van der Waals surface area contributed by atoms with Gasteiger partial charge in [0.25, 0.3) is 5.91 Å². The first-order valence-corrected chi connectivity index (χ1v) is 10.1. The minimum atomic E-state index is -0.176. The predicted molar refractivity (Wildman–Crippen MR) is 103 cm³/mol. The maximum atomic E-state index is 12.5. The molecule has 0 bridgehead atoms. The Morgan fingerprint density at radius 2 is 2.07 bits per heavy atom. The van der Waals surface area contributed by atoms with E-state index in [9.17, 15) is 9.59 Å². The normalized spacial score (nSPS) is 20.9. The monoisotopic (exact) mass is 401 g/mol. The highest BCUT2D eigenvalue weighted by Crippen LogP contribution is 2.39. The number of amides is 2. The number of aryl methyl sites for hydroxylation is 2. The van der Waals surface area contributed by atoms with Gasteiger partial charge < -0.3 is 23.9 Å². The van der Waals surface area contributed by atoms with Crippen LogP contribution in [0.3, 0.4) is 0 Å². The number of carbonyl (C=O) groups excluding carboxylic acids is 2. The molecule has 1 N–H and O–H groups in total. The number of rotatable bonds is 5. The molecule has 2 fully saturated rings. The average Bonchev–Trinajstić information content (AvgIpc) is 3.45. The number of nitrogens with one attached hydrogen (secondary N) is 1. The third-order valence-corrected chi connectivity index (χ3v) is 6.11. The Bertz CT molecular complexity index is 846. The van der Waals surface area contributed by atoms with Crippen LogP contribution in [0.5, 0.6) is 0 Å². The van der Waals surface area contributed by atoms with Gasteiger partial charge in [0.05, 0.1) is 35.6 Å². The van der Waals surface area contributed by atoms with Gasteiger partial charge in [-0.05, 0) is 45.6 Å². The minimum Gasteiger partial charge on any atom is -0.472 e. The van der Waals surface area contributed by atoms with Gasteiger partial charge in [0, 0.05) is 25.2 Å². The molecule has 8 nitrogen and oxygen atoms in total. The molecule has 29 heavy (non-hydrogen) atoms. The Hall–Kier alpha value is -2.61. The molecule has 0 radical (unpaired) electrons. The van der Waals surface area contributed by atoms with Crippen molar-refractivity contribution in [3.63, 3.8) is 0 Å². The van der Waals surface area contributed by atoms with Crippen LogP contribution in [0.4, 0.5) is 0 Å². The molecule has 156 valence electrons. The zero-order chi connectivity index (χ0) is 20.4. The maximum absolute atomic E-state index is 12.5. The van der Waals surface area contributed by atoms with Crippen molar-refractivity contribution < 1.29 is 23.3 Å². The molecule has 1 unspecified atom stereocenters. The third kappa shape index (κ3) is 4.22. The van der Waals surface area contributed by atoms with Crippen molar-refractivity contribution >= 4 is 11.8 Å². The fourth-order valence-corrected chi connectivity index (χ4v) is 4.30. The molecule has 2 saturated heterocycles. The number of ether oxygens (including phenoxy) is 1. The summed E-state index contributed by atoms with van der Waals surface area (Å²) >= 11 is 0. The Kier molecular flexibility index (Phi) is 5.45. The second kappa shape index (κ2) is 8.02. The first kappa shape index (κ1) is 19.7. The van der Waals surface area contributed by atoms with Gasteiger partial charge in [-0.2, -0.15) is 0 Å². The topological polar surface area (TPSA) is 97.8 Å². The number of carbonyl (C=O) groups is 2. The average molecular weight is 401 g/mol. The van der Waals surface area contributed by atoms with Crippen LogP contribution in [0.1, 0.15) is 53.1 Å². The molecule has 4 heterocycles. The molecule has 8 heteroatoms. The molecule has 2 aromatic rings. The van der Waals surface area contributed by atoms with Gasteiger partial charge in [0.2, 0.25) is 5.91 Å². The van der Waals surface area contributed by atoms with Crippen LogP contribution in [0.2, 0.25) is 0 Å². The lowest BCUT2D eigenvalue weighted by Gasteiger charge is -2.39. The quantitative estimate of drug-likeness (QED) is 0.826. The first-order valence-electron chi connectivity index (χ1n) is 10.1. The molecule has 2 aliphatic rings. The predicted octanol–water partition coefficient (Wildman–Crippen LogP) is 2.40. The summed E-state index contributed by atoms with van der Waals surface area (Å²) in [5, 5.41) is 6.86. The van der Waals surface area contributed by atoms with Crippen molar-refractivity contribution in [3.8, 4) is 0 Å². The van der Waals surface area contributed by atoms with E-state index >= 15 is 0 Å². The number of likely N-dealkylation sites (tertiary alicyclic amines) is 1. The Morgan fingerprint density at radius 1 is 1.28 bits per heavy atom. The smallest absolute Gasteiger partial charge is 0.257 e. The highest BCUT2D eigenvalue weighted by Gasteiger charge is 2.43. The van der Waals surface area contributed by atoms with Crippen molar-refractivity contribution in [1.29, 1.82) is 0 Å². The van der Waals surface area contributed by atoms with Crippen molar-refractivity contribution in [2.24, 2.45) is 0 Å². The van der Waals surface area contributed by atoms with Gasteiger partial charge in [-0.25, -0.2) is 0 Å². The van der Waals surface area contributed by atoms with Gasteiger partial charge in [-0.1, -0.05) is 5.16 Å². The summed E-state index contributed by atoms with van der Waals surface area (Å²) in [5.74, 6) is 0.643. The van der Waals surface area contributed by atoms with Crippen LogP contribution >= 0.6 is 0 Å². The lowest BCUT2D eigenvalue weighted by molar-refractivity contribution is -0.122. The highest BCUT2D eigenvalue weighted by atomic mass is 16.5. The zero-order valence-electron chi connectivity index (χ0n) is 16.9. The van der Waals surface area contributed by atoms with E-state index in [0.717, 1.165) is 36.9 Å². The van der Waals surface area contributed by atoms with Crippen LogP contribution in [0.15, 0.2) is 27.5 Å². The Morgan fingerprint density at radius 3 is 2.72 bits per heavy atom. The van der Waals surface area contributed by atoms with E-state index in [2.05, 4.69) is 10.5 Å². The lowest BCUT2D eigenvalue weighted by atomic mass is 9.88. The molecule has 2 amide bonds. The van der Waals surface area contributed by atoms with Crippen LogP contribution < -0.4 is 5.32 Å². The summed E-state index contributed by atoms with van der Waals surface area (Å²) in [6, 6.07) is 1.69. The summed E-state index contributed by atoms with van der Waals surface area (Å²) in [5.41, 5.74) is 2.02. The maximum Gasteiger partial charge on any atom is 0.257 e. The molecule has 0 saturated carbocycles. The number of furan rings is 1. The van der Waals surface area contributed by atoms with E-state index in [-0.39, 0.29) is 29.9 Å². The Labute approximate surface area is 169 Å². The third-order valence-electron chi connectivity index (χ3n) is 6.11. The summed E-state index contributed by atoms with van der Waals surface area (Å²) in [7, 11) is 0. The Balaban J connectivity index is 1.23. The molecular formula is C21H27N3O5. The first-order chi connectivity index (χ1) is 14.0. The van der Waals surface area contributed by atoms with E-state index in [4.69, 9.17) is 13.7 Å². The molecule has 0 aliphatic carbocycles. The van der Waals surface area contributed by atoms with Crippen molar-refractivity contribution in [2.45, 2.75) is 57.7 Å². The van der Waals surface area contributed by atoms with Gasteiger partial charge in [0.1, 0.15) is 12.0 Å². The van der Waals surface area contributed by atoms with Gasteiger partial charge >= 0.3 is 0 Å². The highest BCUT2D eigenvalue weighted by molar-refractivity contribution is 5.93. The van der Waals surface area contributed by atoms with E-state index in [0.29, 0.717) is 31.0 Å². The number of nitrogens with zero attached hydrogens (tertiary/aromatic N) is 2. The van der Waals surface area contributed by atoms with E-state index < -0.39 is 0 Å². The van der Waals surface area contributed by atoms with Crippen molar-refractivity contribution in [3.05, 3.63) is 41.2 Å². The molecule has 0 aromatic carbocycles. The van der Waals surface area contributed by atoms with Crippen LogP contribution in [0, 0.1) is 13.8 Å². The van der Waals surface area contributed by atoms with Gasteiger partial charge in [-0.15, -0.1) is 0 Å². The lowest BCUT2D eigenvalue weighted by Crippen LogP contribution is -2.47. The second-order valence-corrected chi connectivity index (χ2v) is 8.05. The number of hydrogen-bond acceptors (Lipinski definition) is 6. The molecule has 4 rings (SSSR count). The van der Waals surface area contributed by atoms with E-state index in [1.165, 1.54) is 12.5 Å². The van der Waals surface area contributed by atoms with Crippen LogP contribution in [-0.4, -0.2) is 53.2 Å².